The number of ether oxygens (including phenoxy) is 1. The van der Waals surface area contributed by atoms with Gasteiger partial charge < -0.3 is 10.1 Å². The molecule has 4 heteroatoms. The Morgan fingerprint density at radius 1 is 1.47 bits per heavy atom. The van der Waals surface area contributed by atoms with Crippen LogP contribution in [0.1, 0.15) is 30.0 Å². The van der Waals surface area contributed by atoms with E-state index in [4.69, 9.17) is 4.74 Å². The normalized spacial score (nSPS) is 16.1. The van der Waals surface area contributed by atoms with Gasteiger partial charge in [0.15, 0.2) is 0 Å². The van der Waals surface area contributed by atoms with Gasteiger partial charge in [-0.3, -0.25) is 4.79 Å². The first kappa shape index (κ1) is 12.7. The molecule has 1 heterocycles. The Bertz CT molecular complexity index is 578. The fraction of sp³-hybridized carbons (Fsp3) is 0.400. The summed E-state index contributed by atoms with van der Waals surface area (Å²) in [5.74, 6) is 1.05. The van der Waals surface area contributed by atoms with Crippen LogP contribution in [0.5, 0.6) is 5.75 Å². The van der Waals surface area contributed by atoms with E-state index in [9.17, 15) is 4.79 Å². The molecule has 3 nitrogen and oxygen atoms in total. The van der Waals surface area contributed by atoms with Gasteiger partial charge >= 0.3 is 0 Å². The first-order valence-corrected chi connectivity index (χ1v) is 7.36. The number of fused-ring (bicyclic) bond motifs is 3. The van der Waals surface area contributed by atoms with Gasteiger partial charge in [-0.25, -0.2) is 0 Å². The van der Waals surface area contributed by atoms with Crippen LogP contribution in [-0.4, -0.2) is 19.1 Å². The van der Waals surface area contributed by atoms with Gasteiger partial charge in [-0.05, 0) is 29.2 Å². The van der Waals surface area contributed by atoms with E-state index in [1.807, 2.05) is 0 Å². The second-order valence-electron chi connectivity index (χ2n) is 4.97. The predicted octanol–water partition coefficient (Wildman–Crippen LogP) is 2.81. The Hall–Kier alpha value is -1.29. The summed E-state index contributed by atoms with van der Waals surface area (Å²) in [6.45, 7) is 3.02. The van der Waals surface area contributed by atoms with Crippen LogP contribution in [0.15, 0.2) is 16.6 Å². The summed E-state index contributed by atoms with van der Waals surface area (Å²) < 4.78 is 6.89. The summed E-state index contributed by atoms with van der Waals surface area (Å²) in [6, 6.07) is 4.24. The van der Waals surface area contributed by atoms with Crippen LogP contribution in [0.2, 0.25) is 0 Å². The molecule has 0 spiro atoms. The summed E-state index contributed by atoms with van der Waals surface area (Å²) in [6.07, 6.45) is 2.81. The number of carbonyl (C=O) groups is 1. The van der Waals surface area contributed by atoms with Crippen molar-refractivity contribution in [2.24, 2.45) is 0 Å². The van der Waals surface area contributed by atoms with E-state index in [1.165, 1.54) is 26.7 Å². The van der Waals surface area contributed by atoms with Crippen LogP contribution in [-0.2, 0) is 17.6 Å². The number of halogens is 1. The second-order valence-corrected chi connectivity index (χ2v) is 5.93. The molecule has 1 aromatic carbocycles. The van der Waals surface area contributed by atoms with Gasteiger partial charge in [-0.2, -0.15) is 0 Å². The van der Waals surface area contributed by atoms with Crippen LogP contribution in [0, 0.1) is 0 Å². The fourth-order valence-electron chi connectivity index (χ4n) is 2.88. The van der Waals surface area contributed by atoms with Crippen LogP contribution in [0.25, 0.3) is 5.57 Å². The lowest BCUT2D eigenvalue weighted by Gasteiger charge is -2.11. The van der Waals surface area contributed by atoms with Gasteiger partial charge in [-0.15, -0.1) is 0 Å². The zero-order valence-corrected chi connectivity index (χ0v) is 12.5. The van der Waals surface area contributed by atoms with Gasteiger partial charge in [0, 0.05) is 36.4 Å². The molecule has 0 aromatic heterocycles. The summed E-state index contributed by atoms with van der Waals surface area (Å²) in [4.78, 5) is 11.0. The van der Waals surface area contributed by atoms with E-state index in [-0.39, 0.29) is 5.91 Å². The molecule has 2 aliphatic rings. The molecule has 0 radical (unpaired) electrons. The largest absolute Gasteiger partial charge is 0.493 e. The molecule has 1 aliphatic carbocycles. The first-order chi connectivity index (χ1) is 9.16. The van der Waals surface area contributed by atoms with Crippen LogP contribution >= 0.6 is 15.9 Å². The number of rotatable bonds is 3. The minimum atomic E-state index is 0.0246. The van der Waals surface area contributed by atoms with Crippen LogP contribution < -0.4 is 10.1 Å². The summed E-state index contributed by atoms with van der Waals surface area (Å²) in [5.41, 5.74) is 5.39. The Balaban J connectivity index is 1.89. The monoisotopic (exact) mass is 321 g/mol. The van der Waals surface area contributed by atoms with Gasteiger partial charge in [0.05, 0.1) is 6.61 Å². The molecule has 1 amide bonds. The van der Waals surface area contributed by atoms with E-state index in [0.29, 0.717) is 6.54 Å². The molecular formula is C15H16BrNO2. The molecule has 3 rings (SSSR count). The minimum Gasteiger partial charge on any atom is -0.493 e. The third-order valence-electron chi connectivity index (χ3n) is 3.69. The number of allylic oxidation sites excluding steroid dienone is 1. The Morgan fingerprint density at radius 2 is 2.32 bits per heavy atom. The maximum Gasteiger partial charge on any atom is 0.216 e. The van der Waals surface area contributed by atoms with E-state index < -0.39 is 0 Å². The highest BCUT2D eigenvalue weighted by molar-refractivity contribution is 9.11. The lowest BCUT2D eigenvalue weighted by molar-refractivity contribution is -0.118. The zero-order chi connectivity index (χ0) is 13.4. The van der Waals surface area contributed by atoms with Crippen molar-refractivity contribution in [1.29, 1.82) is 0 Å². The minimum absolute atomic E-state index is 0.0246. The average Bonchev–Trinajstić information content (AvgIpc) is 2.93. The molecule has 1 aliphatic heterocycles. The summed E-state index contributed by atoms with van der Waals surface area (Å²) >= 11 is 3.69. The quantitative estimate of drug-likeness (QED) is 0.929. The molecule has 0 saturated heterocycles. The maximum absolute atomic E-state index is 11.0. The van der Waals surface area contributed by atoms with Crippen molar-refractivity contribution in [3.63, 3.8) is 0 Å². The molecular weight excluding hydrogens is 306 g/mol. The molecule has 0 atom stereocenters. The SMILES string of the molecule is CC(=O)NCCC1=C(Br)Cc2ccc3c(c21)CCO3. The fourth-order valence-corrected chi connectivity index (χ4v) is 3.58. The highest BCUT2D eigenvalue weighted by Crippen LogP contribution is 2.44. The molecule has 100 valence electrons. The van der Waals surface area contributed by atoms with E-state index in [1.54, 1.807) is 6.92 Å². The highest BCUT2D eigenvalue weighted by atomic mass is 79.9. The van der Waals surface area contributed by atoms with Gasteiger partial charge in [-0.1, -0.05) is 22.0 Å². The summed E-state index contributed by atoms with van der Waals surface area (Å²) in [5, 5.41) is 2.87. The van der Waals surface area contributed by atoms with Crippen LogP contribution in [0.3, 0.4) is 0 Å². The smallest absolute Gasteiger partial charge is 0.216 e. The van der Waals surface area contributed by atoms with Crippen molar-refractivity contribution < 1.29 is 9.53 Å². The van der Waals surface area contributed by atoms with Crippen molar-refractivity contribution in [2.45, 2.75) is 26.2 Å². The standard InChI is InChI=1S/C15H16BrNO2/c1-9(18)17-6-4-11-13(16)8-10-2-3-14-12(15(10)11)5-7-19-14/h2-3H,4-8H2,1H3,(H,17,18). The van der Waals surface area contributed by atoms with Crippen molar-refractivity contribution in [3.05, 3.63) is 33.3 Å². The molecule has 1 aromatic rings. The molecule has 1 N–H and O–H groups in total. The number of nitrogens with one attached hydrogen (secondary N) is 1. The zero-order valence-electron chi connectivity index (χ0n) is 10.9. The number of amides is 1. The molecule has 0 saturated carbocycles. The third-order valence-corrected chi connectivity index (χ3v) is 4.45. The van der Waals surface area contributed by atoms with E-state index >= 15 is 0 Å². The molecule has 19 heavy (non-hydrogen) atoms. The van der Waals surface area contributed by atoms with Crippen molar-refractivity contribution in [3.8, 4) is 5.75 Å². The van der Waals surface area contributed by atoms with Crippen molar-refractivity contribution in [1.82, 2.24) is 5.32 Å². The summed E-state index contributed by atoms with van der Waals surface area (Å²) in [7, 11) is 0. The van der Waals surface area contributed by atoms with Gasteiger partial charge in [0.2, 0.25) is 5.91 Å². The number of hydrogen-bond acceptors (Lipinski definition) is 2. The molecule has 0 fully saturated rings. The second kappa shape index (κ2) is 5.00. The van der Waals surface area contributed by atoms with Crippen molar-refractivity contribution in [2.75, 3.05) is 13.2 Å². The average molecular weight is 322 g/mol. The van der Waals surface area contributed by atoms with E-state index in [2.05, 4.69) is 33.4 Å². The van der Waals surface area contributed by atoms with E-state index in [0.717, 1.165) is 31.6 Å². The Morgan fingerprint density at radius 3 is 3.11 bits per heavy atom. The lowest BCUT2D eigenvalue weighted by atomic mass is 9.95. The Kier molecular flexibility index (Phi) is 3.35. The number of hydrogen-bond donors (Lipinski definition) is 1. The first-order valence-electron chi connectivity index (χ1n) is 6.56. The van der Waals surface area contributed by atoms with Gasteiger partial charge in [0.1, 0.15) is 5.75 Å². The molecule has 0 unspecified atom stereocenters. The van der Waals surface area contributed by atoms with Crippen molar-refractivity contribution >= 4 is 27.4 Å². The number of benzene rings is 1. The molecule has 0 bridgehead atoms. The number of carbonyl (C=O) groups excluding carboxylic acids is 1. The lowest BCUT2D eigenvalue weighted by Crippen LogP contribution is -2.21. The van der Waals surface area contributed by atoms with Gasteiger partial charge in [0.25, 0.3) is 0 Å². The maximum atomic E-state index is 11.0. The topological polar surface area (TPSA) is 38.3 Å². The predicted molar refractivity (Wildman–Crippen MR) is 78.5 cm³/mol. The Labute approximate surface area is 121 Å². The third kappa shape index (κ3) is 2.29. The highest BCUT2D eigenvalue weighted by Gasteiger charge is 2.27. The van der Waals surface area contributed by atoms with Crippen LogP contribution in [0.4, 0.5) is 0 Å².